The van der Waals surface area contributed by atoms with Gasteiger partial charge < -0.3 is 4.42 Å². The molecule has 4 heteroatoms. The van der Waals surface area contributed by atoms with Crippen molar-refractivity contribution in [2.75, 3.05) is 0 Å². The van der Waals surface area contributed by atoms with Gasteiger partial charge in [0.25, 0.3) is 0 Å². The van der Waals surface area contributed by atoms with Gasteiger partial charge in [0.1, 0.15) is 11.2 Å². The van der Waals surface area contributed by atoms with Gasteiger partial charge in [-0.25, -0.2) is 15.0 Å². The SMILES string of the molecule is c1ccc2cc(-c3nc(-c4ccc5ccccc5c4)nc(-c4cc5ccc6ccccc6c5c5oc6ccc7ccccc7c6c45)n3)ccc2c1. The third kappa shape index (κ3) is 4.37. The van der Waals surface area contributed by atoms with E-state index in [4.69, 9.17) is 19.4 Å². The minimum Gasteiger partial charge on any atom is -0.455 e. The van der Waals surface area contributed by atoms with Crippen molar-refractivity contribution in [1.82, 2.24) is 15.0 Å². The van der Waals surface area contributed by atoms with Gasteiger partial charge in [-0.15, -0.1) is 0 Å². The van der Waals surface area contributed by atoms with Crippen LogP contribution in [-0.2, 0) is 0 Å². The Labute approximate surface area is 292 Å². The van der Waals surface area contributed by atoms with Crippen LogP contribution in [0.5, 0.6) is 0 Å². The predicted molar refractivity (Wildman–Crippen MR) is 211 cm³/mol. The van der Waals surface area contributed by atoms with Crippen LogP contribution in [0.4, 0.5) is 0 Å². The molecule has 4 nitrogen and oxygen atoms in total. The average molecular weight is 650 g/mol. The van der Waals surface area contributed by atoms with Crippen molar-refractivity contribution in [3.63, 3.8) is 0 Å². The Morgan fingerprint density at radius 3 is 1.43 bits per heavy atom. The van der Waals surface area contributed by atoms with Crippen molar-refractivity contribution in [3.05, 3.63) is 164 Å². The van der Waals surface area contributed by atoms with Crippen LogP contribution in [0.15, 0.2) is 168 Å². The Bertz CT molecular complexity index is 3120. The molecule has 9 aromatic carbocycles. The van der Waals surface area contributed by atoms with Crippen LogP contribution < -0.4 is 0 Å². The van der Waals surface area contributed by atoms with Gasteiger partial charge in [0.05, 0.1) is 0 Å². The molecule has 11 aromatic rings. The number of nitrogens with zero attached hydrogens (tertiary/aromatic N) is 3. The second kappa shape index (κ2) is 10.8. The van der Waals surface area contributed by atoms with Gasteiger partial charge in [-0.3, -0.25) is 0 Å². The lowest BCUT2D eigenvalue weighted by atomic mass is 9.94. The fourth-order valence-electron chi connectivity index (χ4n) is 7.78. The maximum absolute atomic E-state index is 6.90. The Balaban J connectivity index is 1.28. The maximum Gasteiger partial charge on any atom is 0.164 e. The molecule has 0 aliphatic heterocycles. The van der Waals surface area contributed by atoms with E-state index in [1.165, 1.54) is 16.2 Å². The second-order valence-electron chi connectivity index (χ2n) is 13.2. The zero-order valence-electron chi connectivity index (χ0n) is 27.3. The molecule has 0 spiro atoms. The molecule has 0 radical (unpaired) electrons. The minimum atomic E-state index is 0.604. The monoisotopic (exact) mass is 649 g/mol. The van der Waals surface area contributed by atoms with E-state index >= 15 is 0 Å². The van der Waals surface area contributed by atoms with E-state index in [-0.39, 0.29) is 0 Å². The Hall–Kier alpha value is -6.91. The molecule has 0 amide bonds. The molecule has 0 aliphatic carbocycles. The standard InChI is InChI=1S/C47H27N3O/c1-3-13-32-25-35(21-17-28(32)9-1)45-48-46(36-22-18-29-10-2-4-14-33(29)26-36)50-47(49-45)39-27-34-20-19-30-11-5-7-15-37(30)41(34)44-43(39)42-38-16-8-6-12-31(38)23-24-40(42)51-44/h1-27H. The highest BCUT2D eigenvalue weighted by molar-refractivity contribution is 6.30. The molecule has 0 saturated carbocycles. The van der Waals surface area contributed by atoms with Crippen LogP contribution in [0.25, 0.3) is 110 Å². The topological polar surface area (TPSA) is 51.8 Å². The number of hydrogen-bond donors (Lipinski definition) is 0. The van der Waals surface area contributed by atoms with E-state index in [0.717, 1.165) is 76.3 Å². The molecule has 11 rings (SSSR count). The molecule has 236 valence electrons. The Morgan fingerprint density at radius 2 is 0.804 bits per heavy atom. The van der Waals surface area contributed by atoms with E-state index < -0.39 is 0 Å². The summed E-state index contributed by atoms with van der Waals surface area (Å²) in [5.74, 6) is 1.85. The van der Waals surface area contributed by atoms with Crippen molar-refractivity contribution in [2.45, 2.75) is 0 Å². The first kappa shape index (κ1) is 28.0. The zero-order valence-corrected chi connectivity index (χ0v) is 27.3. The first-order chi connectivity index (χ1) is 25.2. The maximum atomic E-state index is 6.90. The van der Waals surface area contributed by atoms with Crippen LogP contribution >= 0.6 is 0 Å². The molecular weight excluding hydrogens is 623 g/mol. The van der Waals surface area contributed by atoms with Gasteiger partial charge in [-0.2, -0.15) is 0 Å². The summed E-state index contributed by atoms with van der Waals surface area (Å²) < 4.78 is 6.90. The molecule has 0 aliphatic rings. The smallest absolute Gasteiger partial charge is 0.164 e. The summed E-state index contributed by atoms with van der Waals surface area (Å²) in [7, 11) is 0. The highest BCUT2D eigenvalue weighted by Crippen LogP contribution is 2.45. The minimum absolute atomic E-state index is 0.604. The van der Waals surface area contributed by atoms with E-state index in [1.807, 2.05) is 0 Å². The van der Waals surface area contributed by atoms with Crippen molar-refractivity contribution in [1.29, 1.82) is 0 Å². The largest absolute Gasteiger partial charge is 0.455 e. The lowest BCUT2D eigenvalue weighted by molar-refractivity contribution is 0.673. The zero-order chi connectivity index (χ0) is 33.5. The van der Waals surface area contributed by atoms with Crippen molar-refractivity contribution >= 4 is 75.8 Å². The highest BCUT2D eigenvalue weighted by atomic mass is 16.3. The molecule has 0 atom stereocenters. The molecule has 0 saturated heterocycles. The molecule has 51 heavy (non-hydrogen) atoms. The van der Waals surface area contributed by atoms with E-state index in [1.54, 1.807) is 0 Å². The number of benzene rings is 9. The molecule has 0 N–H and O–H groups in total. The van der Waals surface area contributed by atoms with E-state index in [0.29, 0.717) is 17.5 Å². The van der Waals surface area contributed by atoms with Gasteiger partial charge in [0, 0.05) is 32.8 Å². The van der Waals surface area contributed by atoms with Gasteiger partial charge >= 0.3 is 0 Å². The van der Waals surface area contributed by atoms with Crippen molar-refractivity contribution in [3.8, 4) is 34.2 Å². The number of rotatable bonds is 3. The summed E-state index contributed by atoms with van der Waals surface area (Å²) >= 11 is 0. The summed E-state index contributed by atoms with van der Waals surface area (Å²) in [6.07, 6.45) is 0. The Morgan fingerprint density at radius 1 is 0.333 bits per heavy atom. The number of fused-ring (bicyclic) bond motifs is 11. The predicted octanol–water partition coefficient (Wildman–Crippen LogP) is 12.5. The molecule has 0 fully saturated rings. The van der Waals surface area contributed by atoms with Crippen LogP contribution in [-0.4, -0.2) is 15.0 Å². The molecule has 2 heterocycles. The number of hydrogen-bond acceptors (Lipinski definition) is 4. The van der Waals surface area contributed by atoms with Crippen molar-refractivity contribution < 1.29 is 4.42 Å². The van der Waals surface area contributed by atoms with Gasteiger partial charge in [-0.1, -0.05) is 140 Å². The normalized spacial score (nSPS) is 11.9. The summed E-state index contributed by atoms with van der Waals surface area (Å²) in [6, 6.07) is 57.4. The summed E-state index contributed by atoms with van der Waals surface area (Å²) in [5.41, 5.74) is 4.46. The fourth-order valence-corrected chi connectivity index (χ4v) is 7.78. The van der Waals surface area contributed by atoms with Crippen LogP contribution in [0.2, 0.25) is 0 Å². The summed E-state index contributed by atoms with van der Waals surface area (Å²) in [5, 5.41) is 13.4. The summed E-state index contributed by atoms with van der Waals surface area (Å²) in [4.78, 5) is 15.7. The number of furan rings is 1. The van der Waals surface area contributed by atoms with Gasteiger partial charge in [0.15, 0.2) is 17.5 Å². The Kier molecular flexibility index (Phi) is 5.92. The van der Waals surface area contributed by atoms with Crippen LogP contribution in [0, 0.1) is 0 Å². The second-order valence-corrected chi connectivity index (χ2v) is 13.2. The number of aromatic nitrogens is 3. The third-order valence-corrected chi connectivity index (χ3v) is 10.2. The summed E-state index contributed by atoms with van der Waals surface area (Å²) in [6.45, 7) is 0. The van der Waals surface area contributed by atoms with Crippen molar-refractivity contribution in [2.24, 2.45) is 0 Å². The highest BCUT2D eigenvalue weighted by Gasteiger charge is 2.22. The lowest BCUT2D eigenvalue weighted by Crippen LogP contribution is -2.01. The van der Waals surface area contributed by atoms with Crippen LogP contribution in [0.1, 0.15) is 0 Å². The van der Waals surface area contributed by atoms with Crippen LogP contribution in [0.3, 0.4) is 0 Å². The first-order valence-electron chi connectivity index (χ1n) is 17.2. The first-order valence-corrected chi connectivity index (χ1v) is 17.2. The molecular formula is C47H27N3O. The lowest BCUT2D eigenvalue weighted by Gasteiger charge is -2.12. The van der Waals surface area contributed by atoms with Gasteiger partial charge in [0.2, 0.25) is 0 Å². The molecule has 0 unspecified atom stereocenters. The fraction of sp³-hybridized carbons (Fsp3) is 0. The molecule has 0 bridgehead atoms. The quantitative estimate of drug-likeness (QED) is 0.179. The van der Waals surface area contributed by atoms with E-state index in [9.17, 15) is 0 Å². The average Bonchev–Trinajstić information content (AvgIpc) is 3.60. The third-order valence-electron chi connectivity index (χ3n) is 10.2. The van der Waals surface area contributed by atoms with Gasteiger partial charge in [-0.05, 0) is 72.7 Å². The molecule has 2 aromatic heterocycles. The van der Waals surface area contributed by atoms with E-state index in [2.05, 4.69) is 164 Å².